The highest BCUT2D eigenvalue weighted by Gasteiger charge is 2.24. The maximum absolute atomic E-state index is 13.1. The van der Waals surface area contributed by atoms with Crippen molar-refractivity contribution in [3.05, 3.63) is 77.3 Å². The van der Waals surface area contributed by atoms with E-state index in [2.05, 4.69) is 4.18 Å². The Morgan fingerprint density at radius 1 is 1.05 bits per heavy atom. The highest BCUT2D eigenvalue weighted by Crippen LogP contribution is 2.40. The molecule has 40 heavy (non-hydrogen) atoms. The molecule has 0 fully saturated rings. The summed E-state index contributed by atoms with van der Waals surface area (Å²) in [6.45, 7) is 1.85. The topological polar surface area (TPSA) is 160 Å². The van der Waals surface area contributed by atoms with Crippen molar-refractivity contribution in [2.45, 2.75) is 13.2 Å². The first-order valence-corrected chi connectivity index (χ1v) is 14.0. The van der Waals surface area contributed by atoms with Crippen LogP contribution in [0.3, 0.4) is 0 Å². The van der Waals surface area contributed by atoms with Crippen LogP contribution in [-0.2, 0) is 42.5 Å². The molecule has 0 bridgehead atoms. The van der Waals surface area contributed by atoms with Crippen molar-refractivity contribution in [3.8, 4) is 22.6 Å². The van der Waals surface area contributed by atoms with Gasteiger partial charge in [-0.1, -0.05) is 18.2 Å². The predicted molar refractivity (Wildman–Crippen MR) is 145 cm³/mol. The van der Waals surface area contributed by atoms with E-state index in [1.165, 1.54) is 40.6 Å². The molecule has 0 N–H and O–H groups in total. The molecule has 0 saturated carbocycles. The smallest absolute Gasteiger partial charge is 0.430 e. The fourth-order valence-electron chi connectivity index (χ4n) is 4.12. The van der Waals surface area contributed by atoms with E-state index in [0.717, 1.165) is 0 Å². The lowest BCUT2D eigenvalue weighted by Crippen LogP contribution is -2.32. The Bertz CT molecular complexity index is 1780. The Kier molecular flexibility index (Phi) is 8.55. The second kappa shape index (κ2) is 12.0. The molecule has 0 radical (unpaired) electrons. The second-order valence-electron chi connectivity index (χ2n) is 8.35. The zero-order chi connectivity index (χ0) is 29.0. The molecule has 2 aromatic heterocycles. The molecule has 4 rings (SSSR count). The zero-order valence-electron chi connectivity index (χ0n) is 21.0. The van der Waals surface area contributed by atoms with Gasteiger partial charge in [-0.25, -0.2) is 13.2 Å². The van der Waals surface area contributed by atoms with Crippen LogP contribution in [0.5, 0.6) is 11.5 Å². The van der Waals surface area contributed by atoms with Crippen molar-refractivity contribution in [2.24, 2.45) is 7.05 Å². The van der Waals surface area contributed by atoms with Crippen molar-refractivity contribution in [3.63, 3.8) is 0 Å². The van der Waals surface area contributed by atoms with E-state index in [0.29, 0.717) is 27.2 Å². The van der Waals surface area contributed by atoms with E-state index in [-0.39, 0.29) is 29.0 Å². The molecular formula is C25H23N3O10S2. The number of carbonyl (C=O) groups excluding carboxylic acids is 2. The number of benzene rings is 2. The molecule has 0 aliphatic carbocycles. The number of para-hydroxylation sites is 1. The number of amides is 1. The third-order valence-corrected chi connectivity index (χ3v) is 6.68. The van der Waals surface area contributed by atoms with Crippen LogP contribution in [0.1, 0.15) is 13.2 Å². The molecule has 1 amide bonds. The van der Waals surface area contributed by atoms with Crippen molar-refractivity contribution >= 4 is 50.8 Å². The third kappa shape index (κ3) is 6.00. The number of aromatic nitrogens is 2. The molecule has 4 aromatic rings. The number of hydrogen-bond acceptors (Lipinski definition) is 10. The summed E-state index contributed by atoms with van der Waals surface area (Å²) >= 11 is 0. The van der Waals surface area contributed by atoms with Gasteiger partial charge in [0.05, 0.1) is 0 Å². The van der Waals surface area contributed by atoms with Crippen LogP contribution in [0.25, 0.3) is 22.0 Å². The molecule has 1 unspecified atom stereocenters. The van der Waals surface area contributed by atoms with E-state index in [1.54, 1.807) is 49.5 Å². The molecule has 1 atom stereocenters. The Balaban J connectivity index is 1.99. The number of anilines is 1. The summed E-state index contributed by atoms with van der Waals surface area (Å²) in [4.78, 5) is 37.2. The molecular weight excluding hydrogens is 566 g/mol. The van der Waals surface area contributed by atoms with Gasteiger partial charge >= 0.3 is 17.1 Å². The summed E-state index contributed by atoms with van der Waals surface area (Å²) in [5.41, 5.74) is 0.563. The molecule has 0 spiro atoms. The summed E-state index contributed by atoms with van der Waals surface area (Å²) in [5, 5.41) is 0.436. The number of thiol groups is 2. The molecule has 2 heterocycles. The Hall–Kier alpha value is -4.63. The summed E-state index contributed by atoms with van der Waals surface area (Å²) in [6, 6.07) is 14.6. The standard InChI is InChI=1S/C25H23N3O10S2/c1-16(36-15-29)27-11-10-19-21(13-26(2)24(30)23(19)27)20-12-17(28(14-39(32)33)25(31)38-40(34)35)8-9-22(20)37-18-6-4-3-5-7-18/h3-13,15-16,39-40H,14H2,1-2H3. The van der Waals surface area contributed by atoms with Gasteiger partial charge in [0.2, 0.25) is 0 Å². The van der Waals surface area contributed by atoms with Gasteiger partial charge in [0, 0.05) is 41.6 Å². The SMILES string of the molecule is CC(OC=O)n1ccc2c(-c3cc(N(C[SH](=O)=O)C(=O)O[SH](=O)=O)ccc3Oc3ccccc3)cn(C)c(=O)c21. The number of carbonyl (C=O) groups is 2. The van der Waals surface area contributed by atoms with Crippen LogP contribution in [0.4, 0.5) is 10.5 Å². The van der Waals surface area contributed by atoms with E-state index in [1.807, 2.05) is 0 Å². The minimum Gasteiger partial charge on any atom is -0.457 e. The highest BCUT2D eigenvalue weighted by molar-refractivity contribution is 7.72. The van der Waals surface area contributed by atoms with Crippen molar-refractivity contribution in [2.75, 3.05) is 10.8 Å². The molecule has 0 aliphatic rings. The van der Waals surface area contributed by atoms with Crippen molar-refractivity contribution in [1.29, 1.82) is 0 Å². The summed E-state index contributed by atoms with van der Waals surface area (Å²) in [5.74, 6) is -0.130. The Morgan fingerprint density at radius 2 is 1.77 bits per heavy atom. The molecule has 2 aromatic carbocycles. The average Bonchev–Trinajstić information content (AvgIpc) is 3.36. The van der Waals surface area contributed by atoms with Gasteiger partial charge < -0.3 is 22.8 Å². The molecule has 0 aliphatic heterocycles. The molecule has 0 saturated heterocycles. The van der Waals surface area contributed by atoms with Crippen LogP contribution in [0.2, 0.25) is 0 Å². The monoisotopic (exact) mass is 589 g/mol. The van der Waals surface area contributed by atoms with Crippen molar-refractivity contribution < 1.29 is 40.1 Å². The van der Waals surface area contributed by atoms with Gasteiger partial charge in [0.25, 0.3) is 12.0 Å². The highest BCUT2D eigenvalue weighted by atomic mass is 32.2. The van der Waals surface area contributed by atoms with Crippen LogP contribution < -0.4 is 15.2 Å². The largest absolute Gasteiger partial charge is 0.457 e. The van der Waals surface area contributed by atoms with Crippen LogP contribution >= 0.6 is 0 Å². The number of aryl methyl sites for hydroxylation is 1. The average molecular weight is 590 g/mol. The number of ether oxygens (including phenoxy) is 2. The van der Waals surface area contributed by atoms with Crippen LogP contribution in [-0.4, -0.2) is 44.4 Å². The normalized spacial score (nSPS) is 11.9. The molecule has 15 heteroatoms. The maximum atomic E-state index is 13.1. The second-order valence-corrected chi connectivity index (χ2v) is 9.93. The van der Waals surface area contributed by atoms with E-state index in [9.17, 15) is 31.2 Å². The minimum absolute atomic E-state index is 0.0180. The fourth-order valence-corrected chi connectivity index (χ4v) is 4.85. The predicted octanol–water partition coefficient (Wildman–Crippen LogP) is 2.53. The van der Waals surface area contributed by atoms with Crippen molar-refractivity contribution in [1.82, 2.24) is 9.13 Å². The van der Waals surface area contributed by atoms with Gasteiger partial charge in [-0.15, -0.1) is 0 Å². The van der Waals surface area contributed by atoms with Crippen LogP contribution in [0, 0.1) is 0 Å². The first-order chi connectivity index (χ1) is 19.1. The van der Waals surface area contributed by atoms with Gasteiger partial charge in [0.1, 0.15) is 22.9 Å². The van der Waals surface area contributed by atoms with E-state index < -0.39 is 39.9 Å². The number of pyridine rings is 1. The third-order valence-electron chi connectivity index (χ3n) is 5.86. The van der Waals surface area contributed by atoms with Gasteiger partial charge in [-0.05, 0) is 43.3 Å². The lowest BCUT2D eigenvalue weighted by molar-refractivity contribution is -0.136. The number of nitrogens with zero attached hydrogens (tertiary/aromatic N) is 3. The van der Waals surface area contributed by atoms with E-state index in [4.69, 9.17) is 9.47 Å². The fraction of sp³-hybridized carbons (Fsp3) is 0.160. The lowest BCUT2D eigenvalue weighted by atomic mass is 10.0. The lowest BCUT2D eigenvalue weighted by Gasteiger charge is -2.21. The maximum Gasteiger partial charge on any atom is 0.430 e. The van der Waals surface area contributed by atoms with Crippen LogP contribution in [0.15, 0.2) is 71.8 Å². The Labute approximate surface area is 230 Å². The van der Waals surface area contributed by atoms with Gasteiger partial charge in [-0.3, -0.25) is 14.5 Å². The first kappa shape index (κ1) is 28.4. The number of fused-ring (bicyclic) bond motifs is 1. The van der Waals surface area contributed by atoms with Gasteiger partial charge in [0.15, 0.2) is 16.9 Å². The summed E-state index contributed by atoms with van der Waals surface area (Å²) in [7, 11) is -5.26. The quantitative estimate of drug-likeness (QED) is 0.208. The number of hydrogen-bond donors (Lipinski definition) is 2. The van der Waals surface area contributed by atoms with Gasteiger partial charge in [-0.2, -0.15) is 8.42 Å². The molecule has 210 valence electrons. The minimum atomic E-state index is -3.61. The molecule has 13 nitrogen and oxygen atoms in total. The first-order valence-electron chi connectivity index (χ1n) is 11.5. The summed E-state index contributed by atoms with van der Waals surface area (Å²) in [6.07, 6.45) is 0.872. The Morgan fingerprint density at radius 3 is 2.42 bits per heavy atom. The zero-order valence-corrected chi connectivity index (χ0v) is 22.8. The van der Waals surface area contributed by atoms with E-state index >= 15 is 0 Å². The summed E-state index contributed by atoms with van der Waals surface area (Å²) < 4.78 is 63.3. The number of rotatable bonds is 10.